The van der Waals surface area contributed by atoms with Crippen LogP contribution >= 0.6 is 11.3 Å². The molecule has 0 fully saturated rings. The van der Waals surface area contributed by atoms with E-state index in [1.807, 2.05) is 11.3 Å². The van der Waals surface area contributed by atoms with E-state index in [0.717, 1.165) is 13.1 Å². The average Bonchev–Trinajstić information content (AvgIpc) is 2.75. The molecule has 2 nitrogen and oxygen atoms in total. The van der Waals surface area contributed by atoms with Gasteiger partial charge in [0.2, 0.25) is 0 Å². The van der Waals surface area contributed by atoms with Crippen molar-refractivity contribution in [2.75, 3.05) is 18.0 Å². The molecule has 1 aromatic heterocycles. The van der Waals surface area contributed by atoms with E-state index in [-0.39, 0.29) is 0 Å². The van der Waals surface area contributed by atoms with Gasteiger partial charge < -0.3 is 4.90 Å². The van der Waals surface area contributed by atoms with Crippen LogP contribution in [-0.2, 0) is 6.42 Å². The van der Waals surface area contributed by atoms with E-state index in [1.54, 1.807) is 0 Å². The second-order valence-electron chi connectivity index (χ2n) is 4.67. The topological polar surface area (TPSA) is 16.1 Å². The molecule has 0 bridgehead atoms. The molecule has 18 heavy (non-hydrogen) atoms. The van der Waals surface area contributed by atoms with E-state index in [1.165, 1.54) is 40.5 Å². The molecular weight excluding hydrogens is 240 g/mol. The maximum atomic E-state index is 4.88. The van der Waals surface area contributed by atoms with Crippen LogP contribution in [0.2, 0.25) is 0 Å². The minimum atomic E-state index is 1.06. The molecule has 2 aromatic rings. The molecule has 0 unspecified atom stereocenters. The van der Waals surface area contributed by atoms with Crippen molar-refractivity contribution in [1.82, 2.24) is 4.98 Å². The smallest absolute Gasteiger partial charge is 0.143 e. The lowest BCUT2D eigenvalue weighted by Crippen LogP contribution is -2.23. The molecule has 0 radical (unpaired) electrons. The van der Waals surface area contributed by atoms with Crippen LogP contribution in [0.15, 0.2) is 30.3 Å². The molecule has 0 N–H and O–H groups in total. The quantitative estimate of drug-likeness (QED) is 0.810. The van der Waals surface area contributed by atoms with E-state index in [2.05, 4.69) is 42.2 Å². The van der Waals surface area contributed by atoms with E-state index in [9.17, 15) is 0 Å². The zero-order chi connectivity index (χ0) is 12.4. The summed E-state index contributed by atoms with van der Waals surface area (Å²) in [5.41, 5.74) is 1.24. The molecule has 1 aliphatic heterocycles. The van der Waals surface area contributed by atoms with Crippen molar-refractivity contribution >= 4 is 17.2 Å². The molecule has 0 saturated heterocycles. The third-order valence-electron chi connectivity index (χ3n) is 3.46. The molecule has 94 valence electrons. The number of hydrogen-bond acceptors (Lipinski definition) is 3. The fourth-order valence-electron chi connectivity index (χ4n) is 2.46. The summed E-state index contributed by atoms with van der Waals surface area (Å²) in [6.45, 7) is 4.43. The van der Waals surface area contributed by atoms with E-state index < -0.39 is 0 Å². The van der Waals surface area contributed by atoms with Gasteiger partial charge in [0.05, 0.1) is 0 Å². The van der Waals surface area contributed by atoms with Crippen molar-refractivity contribution in [3.8, 4) is 10.6 Å². The predicted octanol–water partition coefficient (Wildman–Crippen LogP) is 3.97. The van der Waals surface area contributed by atoms with Gasteiger partial charge >= 0.3 is 0 Å². The Kier molecular flexibility index (Phi) is 3.33. The molecule has 0 saturated carbocycles. The Morgan fingerprint density at radius 2 is 2.06 bits per heavy atom. The van der Waals surface area contributed by atoms with Crippen molar-refractivity contribution in [3.05, 3.63) is 35.2 Å². The molecule has 3 rings (SSSR count). The van der Waals surface area contributed by atoms with Crippen LogP contribution in [-0.4, -0.2) is 18.1 Å². The minimum absolute atomic E-state index is 1.06. The van der Waals surface area contributed by atoms with Crippen LogP contribution in [0, 0.1) is 0 Å². The monoisotopic (exact) mass is 258 g/mol. The number of thiazole rings is 1. The van der Waals surface area contributed by atoms with Crippen LogP contribution in [0.25, 0.3) is 10.6 Å². The fraction of sp³-hybridized carbons (Fsp3) is 0.400. The zero-order valence-corrected chi connectivity index (χ0v) is 11.5. The zero-order valence-electron chi connectivity index (χ0n) is 10.7. The lowest BCUT2D eigenvalue weighted by Gasteiger charge is -2.18. The lowest BCUT2D eigenvalue weighted by atomic mass is 10.2. The summed E-state index contributed by atoms with van der Waals surface area (Å²) in [7, 11) is 0. The summed E-state index contributed by atoms with van der Waals surface area (Å²) in [6, 6.07) is 10.5. The molecule has 0 spiro atoms. The number of nitrogens with zero attached hydrogens (tertiary/aromatic N) is 2. The number of aromatic nitrogens is 1. The molecule has 0 atom stereocenters. The van der Waals surface area contributed by atoms with Crippen molar-refractivity contribution in [2.24, 2.45) is 0 Å². The second-order valence-corrected chi connectivity index (χ2v) is 5.75. The molecule has 3 heteroatoms. The van der Waals surface area contributed by atoms with Gasteiger partial charge in [-0.1, -0.05) is 30.3 Å². The summed E-state index contributed by atoms with van der Waals surface area (Å²) in [5.74, 6) is 1.24. The summed E-state index contributed by atoms with van der Waals surface area (Å²) in [5, 5.41) is 1.17. The van der Waals surface area contributed by atoms with Gasteiger partial charge in [-0.15, -0.1) is 11.3 Å². The minimum Gasteiger partial charge on any atom is -0.356 e. The Balaban J connectivity index is 2.01. The Hall–Kier alpha value is -1.35. The van der Waals surface area contributed by atoms with Crippen molar-refractivity contribution < 1.29 is 0 Å². The van der Waals surface area contributed by atoms with Gasteiger partial charge in [0.25, 0.3) is 0 Å². The van der Waals surface area contributed by atoms with Gasteiger partial charge in [0, 0.05) is 23.5 Å². The highest BCUT2D eigenvalue weighted by Crippen LogP contribution is 2.35. The normalized spacial score (nSPS) is 15.3. The maximum Gasteiger partial charge on any atom is 0.143 e. The largest absolute Gasteiger partial charge is 0.356 e. The first-order chi connectivity index (χ1) is 8.88. The summed E-state index contributed by atoms with van der Waals surface area (Å²) in [6.07, 6.45) is 3.77. The average molecular weight is 258 g/mol. The first-order valence-corrected chi connectivity index (χ1v) is 7.50. The van der Waals surface area contributed by atoms with E-state index >= 15 is 0 Å². The summed E-state index contributed by atoms with van der Waals surface area (Å²) < 4.78 is 0. The predicted molar refractivity (Wildman–Crippen MR) is 78.4 cm³/mol. The van der Waals surface area contributed by atoms with Gasteiger partial charge in [0.1, 0.15) is 10.8 Å². The van der Waals surface area contributed by atoms with E-state index in [4.69, 9.17) is 4.98 Å². The SMILES string of the molecule is CCN1CCCCc2sc(-c3ccccc3)nc21. The number of rotatable bonds is 2. The number of aryl methyl sites for hydroxylation is 1. The van der Waals surface area contributed by atoms with Crippen LogP contribution in [0.5, 0.6) is 0 Å². The highest BCUT2D eigenvalue weighted by molar-refractivity contribution is 7.15. The molecule has 1 aromatic carbocycles. The van der Waals surface area contributed by atoms with Crippen LogP contribution in [0.3, 0.4) is 0 Å². The third kappa shape index (κ3) is 2.15. The Morgan fingerprint density at radius 3 is 2.83 bits per heavy atom. The van der Waals surface area contributed by atoms with E-state index in [0.29, 0.717) is 0 Å². The van der Waals surface area contributed by atoms with Crippen molar-refractivity contribution in [3.63, 3.8) is 0 Å². The van der Waals surface area contributed by atoms with Crippen LogP contribution in [0.1, 0.15) is 24.6 Å². The number of fused-ring (bicyclic) bond motifs is 1. The fourth-order valence-corrected chi connectivity index (χ4v) is 3.59. The molecule has 0 amide bonds. The number of hydrogen-bond donors (Lipinski definition) is 0. The Morgan fingerprint density at radius 1 is 1.22 bits per heavy atom. The van der Waals surface area contributed by atoms with Gasteiger partial charge in [-0.05, 0) is 26.2 Å². The number of benzene rings is 1. The van der Waals surface area contributed by atoms with Crippen molar-refractivity contribution in [2.45, 2.75) is 26.2 Å². The summed E-state index contributed by atoms with van der Waals surface area (Å²) >= 11 is 1.87. The standard InChI is InChI=1S/C15H18N2S/c1-2-17-11-7-6-10-13-14(17)16-15(18-13)12-8-4-3-5-9-12/h3-5,8-9H,2,6-7,10-11H2,1H3. The summed E-state index contributed by atoms with van der Waals surface area (Å²) in [4.78, 5) is 8.77. The maximum absolute atomic E-state index is 4.88. The van der Waals surface area contributed by atoms with Crippen LogP contribution < -0.4 is 4.90 Å². The Labute approximate surface area is 112 Å². The first kappa shape index (κ1) is 11.7. The van der Waals surface area contributed by atoms with Gasteiger partial charge in [-0.25, -0.2) is 4.98 Å². The van der Waals surface area contributed by atoms with Gasteiger partial charge in [0.15, 0.2) is 0 Å². The lowest BCUT2D eigenvalue weighted by molar-refractivity contribution is 0.724. The molecular formula is C15H18N2S. The van der Waals surface area contributed by atoms with Crippen LogP contribution in [0.4, 0.5) is 5.82 Å². The third-order valence-corrected chi connectivity index (χ3v) is 4.61. The van der Waals surface area contributed by atoms with Gasteiger partial charge in [-0.2, -0.15) is 0 Å². The Bertz CT molecular complexity index is 519. The van der Waals surface area contributed by atoms with Crippen molar-refractivity contribution in [1.29, 1.82) is 0 Å². The molecule has 2 heterocycles. The highest BCUT2D eigenvalue weighted by atomic mass is 32.1. The highest BCUT2D eigenvalue weighted by Gasteiger charge is 2.19. The number of anilines is 1. The molecule has 1 aliphatic rings. The van der Waals surface area contributed by atoms with Gasteiger partial charge in [-0.3, -0.25) is 0 Å². The molecule has 0 aliphatic carbocycles. The second kappa shape index (κ2) is 5.11. The first-order valence-electron chi connectivity index (χ1n) is 6.68.